The molecule has 1 atom stereocenters. The number of sulfonamides is 1. The smallest absolute Gasteiger partial charge is 0.265 e. The molecule has 0 aliphatic heterocycles. The highest BCUT2D eigenvalue weighted by molar-refractivity contribution is 7.92. The molecule has 3 aromatic rings. The van der Waals surface area contributed by atoms with Gasteiger partial charge < -0.3 is 24.4 Å². The SMILES string of the molecule is COc1ccc(S(=O)(=O)N(CC(=O)N(CCc2ccccc2)C(C)C(=O)NC2CCCCC2)c2cc(Cl)ccc2OC)cc1OC. The van der Waals surface area contributed by atoms with Crippen molar-refractivity contribution in [2.45, 2.75) is 62.4 Å². The molecule has 3 aromatic carbocycles. The molecule has 1 fully saturated rings. The summed E-state index contributed by atoms with van der Waals surface area (Å²) >= 11 is 6.34. The average Bonchev–Trinajstić information content (AvgIpc) is 3.07. The summed E-state index contributed by atoms with van der Waals surface area (Å²) in [5.74, 6) is -0.101. The van der Waals surface area contributed by atoms with E-state index in [1.54, 1.807) is 13.0 Å². The first-order chi connectivity index (χ1) is 22.1. The first-order valence-electron chi connectivity index (χ1n) is 15.3. The Morgan fingerprint density at radius 3 is 2.20 bits per heavy atom. The van der Waals surface area contributed by atoms with Crippen LogP contribution in [-0.4, -0.2) is 71.6 Å². The van der Waals surface area contributed by atoms with Crippen molar-refractivity contribution in [2.24, 2.45) is 0 Å². The van der Waals surface area contributed by atoms with E-state index in [0.29, 0.717) is 12.2 Å². The maximum absolute atomic E-state index is 14.4. The summed E-state index contributed by atoms with van der Waals surface area (Å²) in [6.07, 6.45) is 5.48. The van der Waals surface area contributed by atoms with Crippen LogP contribution in [0, 0.1) is 0 Å². The molecule has 0 radical (unpaired) electrons. The Labute approximate surface area is 276 Å². The lowest BCUT2D eigenvalue weighted by atomic mass is 9.95. The maximum atomic E-state index is 14.4. The standard InChI is InChI=1S/C34H42ClN3O7S/c1-24(34(40)36-27-13-9-6-10-14-27)37(20-19-25-11-7-5-8-12-25)33(39)23-38(29-21-26(35)15-17-30(29)43-2)46(41,42)28-16-18-31(44-3)32(22-28)45-4/h5,7-8,11-12,15-18,21-22,24,27H,6,9-10,13-14,19-20,23H2,1-4H3,(H,36,40). The number of carbonyl (C=O) groups is 2. The van der Waals surface area contributed by atoms with Crippen LogP contribution in [0.4, 0.5) is 5.69 Å². The Balaban J connectivity index is 1.73. The van der Waals surface area contributed by atoms with Crippen molar-refractivity contribution in [2.75, 3.05) is 38.7 Å². The second-order valence-corrected chi connectivity index (χ2v) is 13.5. The van der Waals surface area contributed by atoms with Crippen LogP contribution in [0.2, 0.25) is 5.02 Å². The summed E-state index contributed by atoms with van der Waals surface area (Å²) in [6.45, 7) is 1.25. The zero-order valence-electron chi connectivity index (χ0n) is 26.7. The van der Waals surface area contributed by atoms with Gasteiger partial charge >= 0.3 is 0 Å². The third kappa shape index (κ3) is 8.44. The van der Waals surface area contributed by atoms with Crippen molar-refractivity contribution < 1.29 is 32.2 Å². The minimum Gasteiger partial charge on any atom is -0.495 e. The molecule has 0 heterocycles. The lowest BCUT2D eigenvalue weighted by molar-refractivity contribution is -0.139. The first kappa shape index (κ1) is 34.9. The molecule has 0 saturated heterocycles. The summed E-state index contributed by atoms with van der Waals surface area (Å²) in [4.78, 5) is 29.1. The van der Waals surface area contributed by atoms with Gasteiger partial charge in [-0.1, -0.05) is 61.2 Å². The summed E-state index contributed by atoms with van der Waals surface area (Å²) in [5.41, 5.74) is 1.05. The van der Waals surface area contributed by atoms with Crippen molar-refractivity contribution in [3.05, 3.63) is 77.3 Å². The molecule has 0 spiro atoms. The number of ether oxygens (including phenoxy) is 3. The zero-order valence-corrected chi connectivity index (χ0v) is 28.3. The fourth-order valence-corrected chi connectivity index (χ4v) is 7.21. The summed E-state index contributed by atoms with van der Waals surface area (Å²) in [6, 6.07) is 17.5. The molecule has 1 aliphatic rings. The minimum absolute atomic E-state index is 0.0485. The van der Waals surface area contributed by atoms with Gasteiger partial charge in [-0.15, -0.1) is 0 Å². The number of anilines is 1. The number of benzene rings is 3. The monoisotopic (exact) mass is 671 g/mol. The van der Waals surface area contributed by atoms with Crippen LogP contribution in [0.5, 0.6) is 17.2 Å². The average molecular weight is 672 g/mol. The van der Waals surface area contributed by atoms with Crippen LogP contribution >= 0.6 is 11.6 Å². The highest BCUT2D eigenvalue weighted by Crippen LogP contribution is 2.37. The topological polar surface area (TPSA) is 114 Å². The van der Waals surface area contributed by atoms with Crippen LogP contribution < -0.4 is 23.8 Å². The Morgan fingerprint density at radius 2 is 1.54 bits per heavy atom. The van der Waals surface area contributed by atoms with Gasteiger partial charge in [-0.2, -0.15) is 0 Å². The predicted octanol–water partition coefficient (Wildman–Crippen LogP) is 5.47. The molecule has 1 N–H and O–H groups in total. The summed E-state index contributed by atoms with van der Waals surface area (Å²) in [5, 5.41) is 3.36. The second kappa shape index (κ2) is 16.0. The number of methoxy groups -OCH3 is 3. The van der Waals surface area contributed by atoms with Gasteiger partial charge in [0.25, 0.3) is 10.0 Å². The molecule has 0 aromatic heterocycles. The maximum Gasteiger partial charge on any atom is 0.265 e. The Bertz CT molecular complexity index is 1600. The van der Waals surface area contributed by atoms with Crippen molar-refractivity contribution in [1.82, 2.24) is 10.2 Å². The largest absolute Gasteiger partial charge is 0.495 e. The van der Waals surface area contributed by atoms with Gasteiger partial charge in [-0.05, 0) is 62.1 Å². The minimum atomic E-state index is -4.41. The van der Waals surface area contributed by atoms with E-state index in [1.807, 2.05) is 30.3 Å². The Morgan fingerprint density at radius 1 is 0.891 bits per heavy atom. The van der Waals surface area contributed by atoms with Crippen LogP contribution in [-0.2, 0) is 26.0 Å². The van der Waals surface area contributed by atoms with Gasteiger partial charge in [0.15, 0.2) is 11.5 Å². The van der Waals surface area contributed by atoms with Gasteiger partial charge in [0.1, 0.15) is 18.3 Å². The van der Waals surface area contributed by atoms with E-state index in [4.69, 9.17) is 25.8 Å². The number of carbonyl (C=O) groups excluding carboxylic acids is 2. The number of amides is 2. The van der Waals surface area contributed by atoms with Crippen molar-refractivity contribution in [1.29, 1.82) is 0 Å². The van der Waals surface area contributed by atoms with Gasteiger partial charge in [-0.25, -0.2) is 8.42 Å². The van der Waals surface area contributed by atoms with Crippen molar-refractivity contribution >= 4 is 39.1 Å². The van der Waals surface area contributed by atoms with E-state index in [9.17, 15) is 18.0 Å². The third-order valence-electron chi connectivity index (χ3n) is 8.23. The van der Waals surface area contributed by atoms with Crippen LogP contribution in [0.15, 0.2) is 71.6 Å². The lowest BCUT2D eigenvalue weighted by Crippen LogP contribution is -2.53. The molecule has 12 heteroatoms. The molecular formula is C34H42ClN3O7S. The van der Waals surface area contributed by atoms with Crippen LogP contribution in [0.25, 0.3) is 0 Å². The van der Waals surface area contributed by atoms with E-state index in [1.165, 1.54) is 56.6 Å². The van der Waals surface area contributed by atoms with Gasteiger partial charge in [-0.3, -0.25) is 13.9 Å². The summed E-state index contributed by atoms with van der Waals surface area (Å²) < 4.78 is 45.9. The fourth-order valence-electron chi connectivity index (χ4n) is 5.61. The molecule has 0 bridgehead atoms. The summed E-state index contributed by atoms with van der Waals surface area (Å²) in [7, 11) is -0.161. The number of rotatable bonds is 14. The number of halogens is 1. The predicted molar refractivity (Wildman–Crippen MR) is 178 cm³/mol. The number of hydrogen-bond acceptors (Lipinski definition) is 7. The van der Waals surface area contributed by atoms with Crippen molar-refractivity contribution in [3.8, 4) is 17.2 Å². The highest BCUT2D eigenvalue weighted by atomic mass is 35.5. The third-order valence-corrected chi connectivity index (χ3v) is 10.2. The normalized spacial score (nSPS) is 14.2. The van der Waals surface area contributed by atoms with Gasteiger partial charge in [0.05, 0.1) is 31.9 Å². The molecule has 1 aliphatic carbocycles. The zero-order chi connectivity index (χ0) is 33.3. The number of nitrogens with one attached hydrogen (secondary N) is 1. The van der Waals surface area contributed by atoms with E-state index in [2.05, 4.69) is 5.32 Å². The molecule has 1 unspecified atom stereocenters. The van der Waals surface area contributed by atoms with Gasteiger partial charge in [0, 0.05) is 23.7 Å². The lowest BCUT2D eigenvalue weighted by Gasteiger charge is -2.33. The Kier molecular flexibility index (Phi) is 12.2. The highest BCUT2D eigenvalue weighted by Gasteiger charge is 2.35. The van der Waals surface area contributed by atoms with E-state index >= 15 is 0 Å². The molecule has 46 heavy (non-hydrogen) atoms. The van der Waals surface area contributed by atoms with Gasteiger partial charge in [0.2, 0.25) is 11.8 Å². The van der Waals surface area contributed by atoms with E-state index in [0.717, 1.165) is 42.0 Å². The van der Waals surface area contributed by atoms with Crippen LogP contribution in [0.3, 0.4) is 0 Å². The van der Waals surface area contributed by atoms with E-state index < -0.39 is 28.5 Å². The quantitative estimate of drug-likeness (QED) is 0.242. The van der Waals surface area contributed by atoms with E-state index in [-0.39, 0.29) is 45.6 Å². The number of hydrogen-bond donors (Lipinski definition) is 1. The second-order valence-electron chi connectivity index (χ2n) is 11.2. The molecule has 4 rings (SSSR count). The first-order valence-corrected chi connectivity index (χ1v) is 17.1. The Hall–Kier alpha value is -3.96. The molecule has 1 saturated carbocycles. The molecule has 248 valence electrons. The molecule has 10 nitrogen and oxygen atoms in total. The van der Waals surface area contributed by atoms with Crippen LogP contribution in [0.1, 0.15) is 44.6 Å². The molecule has 2 amide bonds. The molecular weight excluding hydrogens is 630 g/mol. The fraction of sp³-hybridized carbons (Fsp3) is 0.412. The number of nitrogens with zero attached hydrogens (tertiary/aromatic N) is 2. The van der Waals surface area contributed by atoms with Crippen molar-refractivity contribution in [3.63, 3.8) is 0 Å².